The van der Waals surface area contributed by atoms with Gasteiger partial charge in [0.25, 0.3) is 11.1 Å². The molecule has 23 heavy (non-hydrogen) atoms. The van der Waals surface area contributed by atoms with Gasteiger partial charge in [-0.15, -0.1) is 0 Å². The lowest BCUT2D eigenvalue weighted by Crippen LogP contribution is -2.41. The topological polar surface area (TPSA) is 99.3 Å². The SMILES string of the molecule is O=C(c1ccc2n[nH]nc2c1)N1CCC(N2C(=O)CSC2=O)C1. The molecule has 9 heteroatoms. The third kappa shape index (κ3) is 2.37. The van der Waals surface area contributed by atoms with Gasteiger partial charge >= 0.3 is 0 Å². The van der Waals surface area contributed by atoms with Gasteiger partial charge in [-0.1, -0.05) is 11.8 Å². The van der Waals surface area contributed by atoms with Crippen LogP contribution in [0.4, 0.5) is 4.79 Å². The molecule has 1 unspecified atom stereocenters. The number of nitrogens with one attached hydrogen (secondary N) is 1. The summed E-state index contributed by atoms with van der Waals surface area (Å²) in [5, 5.41) is 10.2. The second-order valence-electron chi connectivity index (χ2n) is 5.54. The van der Waals surface area contributed by atoms with Gasteiger partial charge in [-0.25, -0.2) is 0 Å². The van der Waals surface area contributed by atoms with Gasteiger partial charge in [-0.2, -0.15) is 15.4 Å². The molecule has 1 N–H and O–H groups in total. The lowest BCUT2D eigenvalue weighted by atomic mass is 10.2. The van der Waals surface area contributed by atoms with E-state index in [1.165, 1.54) is 4.90 Å². The number of benzene rings is 1. The van der Waals surface area contributed by atoms with E-state index in [1.54, 1.807) is 23.1 Å². The zero-order chi connectivity index (χ0) is 16.0. The van der Waals surface area contributed by atoms with Gasteiger partial charge in [0, 0.05) is 18.7 Å². The van der Waals surface area contributed by atoms with E-state index in [9.17, 15) is 14.4 Å². The van der Waals surface area contributed by atoms with E-state index in [4.69, 9.17) is 0 Å². The molecule has 0 spiro atoms. The Morgan fingerprint density at radius 2 is 2.09 bits per heavy atom. The van der Waals surface area contributed by atoms with Crippen LogP contribution in [-0.2, 0) is 4.79 Å². The zero-order valence-corrected chi connectivity index (χ0v) is 12.9. The van der Waals surface area contributed by atoms with Crippen LogP contribution in [0.5, 0.6) is 0 Å². The summed E-state index contributed by atoms with van der Waals surface area (Å²) in [6.07, 6.45) is 0.621. The fraction of sp³-hybridized carbons (Fsp3) is 0.357. The summed E-state index contributed by atoms with van der Waals surface area (Å²) < 4.78 is 0. The van der Waals surface area contributed by atoms with Crippen LogP contribution in [0.2, 0.25) is 0 Å². The molecular formula is C14H13N5O3S. The number of rotatable bonds is 2. The van der Waals surface area contributed by atoms with Crippen LogP contribution < -0.4 is 0 Å². The van der Waals surface area contributed by atoms with Crippen molar-refractivity contribution in [1.82, 2.24) is 25.2 Å². The Kier molecular flexibility index (Phi) is 3.29. The lowest BCUT2D eigenvalue weighted by molar-refractivity contribution is -0.126. The van der Waals surface area contributed by atoms with Crippen LogP contribution in [0.15, 0.2) is 18.2 Å². The molecule has 8 nitrogen and oxygen atoms in total. The summed E-state index contributed by atoms with van der Waals surface area (Å²) >= 11 is 1.02. The number of carbonyl (C=O) groups is 3. The number of H-pyrrole nitrogens is 1. The third-order valence-corrected chi connectivity index (χ3v) is 5.00. The van der Waals surface area contributed by atoms with Crippen LogP contribution in [0, 0.1) is 0 Å². The number of hydrogen-bond donors (Lipinski definition) is 1. The van der Waals surface area contributed by atoms with E-state index in [0.717, 1.165) is 11.8 Å². The van der Waals surface area contributed by atoms with Crippen molar-refractivity contribution >= 4 is 39.8 Å². The minimum absolute atomic E-state index is 0.121. The number of aromatic nitrogens is 3. The summed E-state index contributed by atoms with van der Waals surface area (Å²) in [4.78, 5) is 39.2. The van der Waals surface area contributed by atoms with Gasteiger partial charge in [-0.3, -0.25) is 19.3 Å². The molecule has 1 aromatic heterocycles. The number of amides is 3. The molecule has 2 saturated heterocycles. The number of aromatic amines is 1. The second-order valence-corrected chi connectivity index (χ2v) is 6.47. The van der Waals surface area contributed by atoms with Crippen LogP contribution in [0.1, 0.15) is 16.8 Å². The van der Waals surface area contributed by atoms with E-state index in [2.05, 4.69) is 15.4 Å². The Balaban J connectivity index is 1.51. The average molecular weight is 331 g/mol. The van der Waals surface area contributed by atoms with Crippen LogP contribution in [0.25, 0.3) is 11.0 Å². The van der Waals surface area contributed by atoms with Gasteiger partial charge in [0.05, 0.1) is 11.8 Å². The molecule has 0 radical (unpaired) electrons. The fourth-order valence-electron chi connectivity index (χ4n) is 3.01. The first-order valence-electron chi connectivity index (χ1n) is 7.22. The highest BCUT2D eigenvalue weighted by molar-refractivity contribution is 8.14. The molecule has 1 atom stereocenters. The number of fused-ring (bicyclic) bond motifs is 1. The van der Waals surface area contributed by atoms with Crippen LogP contribution in [0.3, 0.4) is 0 Å². The van der Waals surface area contributed by atoms with Gasteiger partial charge < -0.3 is 4.90 Å². The molecule has 2 aliphatic rings. The monoisotopic (exact) mass is 331 g/mol. The second kappa shape index (κ2) is 5.34. The third-order valence-electron chi connectivity index (χ3n) is 4.16. The Labute approximate surface area is 135 Å². The number of nitrogens with zero attached hydrogens (tertiary/aromatic N) is 4. The number of imide groups is 1. The summed E-state index contributed by atoms with van der Waals surface area (Å²) in [5.74, 6) is -0.0843. The van der Waals surface area contributed by atoms with Gasteiger partial charge in [0.2, 0.25) is 5.91 Å². The number of carbonyl (C=O) groups excluding carboxylic acids is 3. The standard InChI is InChI=1S/C14H13N5O3S/c20-12-7-23-14(22)19(12)9-3-4-18(6-9)13(21)8-1-2-10-11(5-8)16-17-15-10/h1-2,5,9H,3-4,6-7H2,(H,15,16,17). The van der Waals surface area contributed by atoms with Gasteiger partial charge in [0.15, 0.2) is 0 Å². The van der Waals surface area contributed by atoms with Crippen LogP contribution in [-0.4, -0.2) is 67.1 Å². The highest BCUT2D eigenvalue weighted by atomic mass is 32.2. The van der Waals surface area contributed by atoms with Crippen LogP contribution >= 0.6 is 11.8 Å². The summed E-state index contributed by atoms with van der Waals surface area (Å²) in [6, 6.07) is 4.92. The highest BCUT2D eigenvalue weighted by Crippen LogP contribution is 2.27. The quantitative estimate of drug-likeness (QED) is 0.876. The number of hydrogen-bond acceptors (Lipinski definition) is 6. The molecule has 2 fully saturated rings. The van der Waals surface area contributed by atoms with E-state index in [-0.39, 0.29) is 28.8 Å². The maximum Gasteiger partial charge on any atom is 0.289 e. The van der Waals surface area contributed by atoms with Gasteiger partial charge in [-0.05, 0) is 24.6 Å². The predicted octanol–water partition coefficient (Wildman–Crippen LogP) is 0.868. The average Bonchev–Trinajstić information content (AvgIpc) is 3.26. The Bertz CT molecular complexity index is 804. The largest absolute Gasteiger partial charge is 0.336 e. The molecule has 2 aliphatic heterocycles. The Morgan fingerprint density at radius 3 is 2.87 bits per heavy atom. The molecule has 0 saturated carbocycles. The summed E-state index contributed by atoms with van der Waals surface area (Å²) in [6.45, 7) is 0.913. The molecular weight excluding hydrogens is 318 g/mol. The first-order chi connectivity index (χ1) is 11.1. The van der Waals surface area contributed by atoms with Crippen molar-refractivity contribution in [2.45, 2.75) is 12.5 Å². The molecule has 0 aliphatic carbocycles. The molecule has 3 heterocycles. The van der Waals surface area contributed by atoms with Crippen molar-refractivity contribution in [3.63, 3.8) is 0 Å². The first-order valence-corrected chi connectivity index (χ1v) is 8.20. The first kappa shape index (κ1) is 14.2. The fourth-order valence-corrected chi connectivity index (χ4v) is 3.79. The molecule has 3 amide bonds. The normalized spacial score (nSPS) is 21.7. The van der Waals surface area contributed by atoms with Gasteiger partial charge in [0.1, 0.15) is 11.0 Å². The molecule has 2 aromatic rings. The minimum atomic E-state index is -0.218. The molecule has 118 valence electrons. The van der Waals surface area contributed by atoms with Crippen molar-refractivity contribution in [3.8, 4) is 0 Å². The number of thioether (sulfide) groups is 1. The number of likely N-dealkylation sites (tertiary alicyclic amines) is 1. The summed E-state index contributed by atoms with van der Waals surface area (Å²) in [7, 11) is 0. The highest BCUT2D eigenvalue weighted by Gasteiger charge is 2.40. The molecule has 4 rings (SSSR count). The van der Waals surface area contributed by atoms with Crippen molar-refractivity contribution in [2.75, 3.05) is 18.8 Å². The smallest absolute Gasteiger partial charge is 0.289 e. The van der Waals surface area contributed by atoms with Crippen molar-refractivity contribution < 1.29 is 14.4 Å². The predicted molar refractivity (Wildman–Crippen MR) is 82.9 cm³/mol. The molecule has 0 bridgehead atoms. The minimum Gasteiger partial charge on any atom is -0.336 e. The Hall–Kier alpha value is -2.42. The van der Waals surface area contributed by atoms with Crippen molar-refractivity contribution in [2.24, 2.45) is 0 Å². The zero-order valence-electron chi connectivity index (χ0n) is 12.1. The maximum atomic E-state index is 12.6. The molecule has 1 aromatic carbocycles. The maximum absolute atomic E-state index is 12.6. The lowest BCUT2D eigenvalue weighted by Gasteiger charge is -2.21. The Morgan fingerprint density at radius 1 is 1.26 bits per heavy atom. The van der Waals surface area contributed by atoms with E-state index < -0.39 is 0 Å². The van der Waals surface area contributed by atoms with E-state index in [1.807, 2.05) is 0 Å². The summed E-state index contributed by atoms with van der Waals surface area (Å²) in [5.41, 5.74) is 1.86. The van der Waals surface area contributed by atoms with Crippen molar-refractivity contribution in [1.29, 1.82) is 0 Å². The van der Waals surface area contributed by atoms with E-state index in [0.29, 0.717) is 36.1 Å². The van der Waals surface area contributed by atoms with Crippen molar-refractivity contribution in [3.05, 3.63) is 23.8 Å². The van der Waals surface area contributed by atoms with E-state index >= 15 is 0 Å².